The Hall–Kier alpha value is -3.18. The molecule has 5 rings (SSSR count). The molecule has 12 nitrogen and oxygen atoms in total. The third-order valence-corrected chi connectivity index (χ3v) is 18.6. The quantitative estimate of drug-likeness (QED) is 0.260. The number of anilines is 4. The molecular formula is C22H18Cl2N8O4S2Sn. The van der Waals surface area contributed by atoms with Crippen LogP contribution < -0.4 is 15.7 Å². The van der Waals surface area contributed by atoms with Crippen molar-refractivity contribution in [3.63, 3.8) is 0 Å². The molecule has 0 aliphatic carbocycles. The Labute approximate surface area is 236 Å². The molecule has 1 aliphatic heterocycles. The first-order valence-electron chi connectivity index (χ1n) is 11.0. The van der Waals surface area contributed by atoms with Gasteiger partial charge in [0, 0.05) is 0 Å². The summed E-state index contributed by atoms with van der Waals surface area (Å²) >= 11 is -4.30. The number of aromatic nitrogens is 4. The van der Waals surface area contributed by atoms with Crippen molar-refractivity contribution in [3.05, 3.63) is 97.9 Å². The third-order valence-electron chi connectivity index (χ3n) is 5.38. The molecule has 17 heteroatoms. The Morgan fingerprint density at radius 1 is 0.590 bits per heavy atom. The zero-order chi connectivity index (χ0) is 27.7. The number of nitrogens with zero attached hydrogens (tertiary/aromatic N) is 6. The van der Waals surface area contributed by atoms with Crippen LogP contribution in [0.15, 0.2) is 108 Å². The number of hydrogen-bond acceptors (Lipinski definition) is 10. The Morgan fingerprint density at radius 2 is 0.923 bits per heavy atom. The van der Waals surface area contributed by atoms with E-state index in [0.717, 1.165) is 0 Å². The molecule has 0 unspecified atom stereocenters. The minimum absolute atomic E-state index is 0.00925. The van der Waals surface area contributed by atoms with Crippen LogP contribution in [-0.2, 0) is 20.0 Å². The van der Waals surface area contributed by atoms with Crippen molar-refractivity contribution < 1.29 is 16.8 Å². The van der Waals surface area contributed by atoms with Crippen LogP contribution in [0.2, 0.25) is 0 Å². The van der Waals surface area contributed by atoms with E-state index >= 15 is 0 Å². The monoisotopic (exact) mass is 712 g/mol. The number of nitrogens with one attached hydrogen (secondary N) is 2. The van der Waals surface area contributed by atoms with Gasteiger partial charge in [0.2, 0.25) is 0 Å². The second-order valence-corrected chi connectivity index (χ2v) is 25.3. The van der Waals surface area contributed by atoms with Gasteiger partial charge < -0.3 is 0 Å². The number of sulfonamides is 2. The van der Waals surface area contributed by atoms with Crippen LogP contribution in [0.4, 0.5) is 23.3 Å². The summed E-state index contributed by atoms with van der Waals surface area (Å²) < 4.78 is 58.8. The van der Waals surface area contributed by atoms with Crippen molar-refractivity contribution in [2.24, 2.45) is 0 Å². The second-order valence-electron chi connectivity index (χ2n) is 7.89. The van der Waals surface area contributed by atoms with Crippen molar-refractivity contribution in [2.45, 2.75) is 9.79 Å². The molecular weight excluding hydrogens is 694 g/mol. The summed E-state index contributed by atoms with van der Waals surface area (Å²) in [5, 5.41) is 0. The zero-order valence-electron chi connectivity index (χ0n) is 19.6. The van der Waals surface area contributed by atoms with Crippen LogP contribution in [0.1, 0.15) is 0 Å². The molecule has 39 heavy (non-hydrogen) atoms. The molecule has 2 aromatic heterocycles. The summed E-state index contributed by atoms with van der Waals surface area (Å²) in [4.78, 5) is 15.5. The first kappa shape index (κ1) is 27.4. The van der Waals surface area contributed by atoms with Crippen LogP contribution in [0.25, 0.3) is 0 Å². The fourth-order valence-electron chi connectivity index (χ4n) is 3.55. The Bertz CT molecular complexity index is 1590. The summed E-state index contributed by atoms with van der Waals surface area (Å²) in [7, 11) is 6.02. The normalized spacial score (nSPS) is 14.8. The Morgan fingerprint density at radius 3 is 1.26 bits per heavy atom. The predicted molar refractivity (Wildman–Crippen MR) is 150 cm³/mol. The van der Waals surface area contributed by atoms with Gasteiger partial charge in [-0.05, 0) is 0 Å². The number of halogens is 2. The van der Waals surface area contributed by atoms with Gasteiger partial charge in [0.1, 0.15) is 0 Å². The minimum atomic E-state index is -4.30. The fraction of sp³-hybridized carbons (Fsp3) is 0. The predicted octanol–water partition coefficient (Wildman–Crippen LogP) is 3.58. The van der Waals surface area contributed by atoms with E-state index in [1.54, 1.807) is 55.0 Å². The zero-order valence-corrected chi connectivity index (χ0v) is 25.6. The van der Waals surface area contributed by atoms with Gasteiger partial charge >= 0.3 is 238 Å². The van der Waals surface area contributed by atoms with E-state index in [-0.39, 0.29) is 21.7 Å². The summed E-state index contributed by atoms with van der Waals surface area (Å²) in [5.74, 6) is -0.0844. The molecule has 0 saturated heterocycles. The van der Waals surface area contributed by atoms with Crippen molar-refractivity contribution >= 4 is 77.8 Å². The Balaban J connectivity index is 1.31. The van der Waals surface area contributed by atoms with E-state index in [1.165, 1.54) is 49.1 Å². The van der Waals surface area contributed by atoms with E-state index < -0.39 is 36.7 Å². The van der Waals surface area contributed by atoms with E-state index in [4.69, 9.17) is 17.8 Å². The second kappa shape index (κ2) is 10.8. The molecule has 0 amide bonds. The van der Waals surface area contributed by atoms with Crippen LogP contribution in [0.3, 0.4) is 0 Å². The van der Waals surface area contributed by atoms with E-state index in [1.807, 2.05) is 0 Å². The van der Waals surface area contributed by atoms with Gasteiger partial charge in [-0.1, -0.05) is 0 Å². The fourth-order valence-corrected chi connectivity index (χ4v) is 14.3. The molecule has 2 N–H and O–H groups in total. The number of benzene rings is 2. The van der Waals surface area contributed by atoms with Crippen LogP contribution in [0, 0.1) is 0 Å². The maximum absolute atomic E-state index is 12.7. The van der Waals surface area contributed by atoms with E-state index in [2.05, 4.69) is 29.4 Å². The average molecular weight is 712 g/mol. The van der Waals surface area contributed by atoms with Gasteiger partial charge in [-0.15, -0.1) is 0 Å². The first-order chi connectivity index (χ1) is 18.6. The maximum atomic E-state index is 12.7. The molecule has 0 atom stereocenters. The van der Waals surface area contributed by atoms with Crippen molar-refractivity contribution in [2.75, 3.05) is 15.7 Å². The van der Waals surface area contributed by atoms with Gasteiger partial charge in [-0.2, -0.15) is 0 Å². The van der Waals surface area contributed by atoms with Gasteiger partial charge in [0.25, 0.3) is 0 Å². The molecule has 0 saturated carbocycles. The molecule has 0 radical (unpaired) electrons. The molecule has 0 spiro atoms. The van der Waals surface area contributed by atoms with E-state index in [9.17, 15) is 16.8 Å². The van der Waals surface area contributed by atoms with Gasteiger partial charge in [0.05, 0.1) is 0 Å². The molecule has 0 bridgehead atoms. The van der Waals surface area contributed by atoms with Crippen molar-refractivity contribution in [1.29, 1.82) is 0 Å². The van der Waals surface area contributed by atoms with Gasteiger partial charge in [-0.3, -0.25) is 0 Å². The molecule has 3 heterocycles. The molecule has 200 valence electrons. The topological polar surface area (TPSA) is 150 Å². The third kappa shape index (κ3) is 5.89. The van der Waals surface area contributed by atoms with Gasteiger partial charge in [0.15, 0.2) is 0 Å². The van der Waals surface area contributed by atoms with Crippen molar-refractivity contribution in [3.8, 4) is 0 Å². The first-order valence-corrected chi connectivity index (χ1v) is 23.8. The standard InChI is InChI=1S/C22H18N8O4S2.2ClH.Sn/c31-35(32,29-21-25-11-1-12-26-21)19-7-3-17(4-8-19)23-15-16-24-18-5-9-20(10-6-18)36(33,34)30-22-27-13-2-14-28-22;;;/h1-16H,(H,25,26,29)(H,27,28,30);2*1H;/q-2;;;+4/p-2. The van der Waals surface area contributed by atoms with E-state index in [0.29, 0.717) is 11.4 Å². The van der Waals surface area contributed by atoms with Gasteiger partial charge in [-0.25, -0.2) is 0 Å². The average Bonchev–Trinajstić information content (AvgIpc) is 3.24. The summed E-state index contributed by atoms with van der Waals surface area (Å²) in [6, 6.07) is 15.2. The molecule has 4 aromatic rings. The van der Waals surface area contributed by atoms with Crippen LogP contribution in [0.5, 0.6) is 0 Å². The molecule has 1 aliphatic rings. The molecule has 0 fully saturated rings. The number of hydrogen-bond donors (Lipinski definition) is 2. The van der Waals surface area contributed by atoms with Crippen LogP contribution in [-0.4, -0.2) is 53.4 Å². The summed E-state index contributed by atoms with van der Waals surface area (Å²) in [6.07, 6.45) is 9.11. The Kier molecular flexibility index (Phi) is 7.56. The van der Waals surface area contributed by atoms with Crippen molar-refractivity contribution in [1.82, 2.24) is 19.9 Å². The SMILES string of the molecule is O=S(=O)(Nc1ncccn1)c1ccc([N]2C=C[N](c3ccc(S(=O)(=O)Nc4ncccn4)cc3)[Sn]2([Cl])[Cl])cc1. The van der Waals surface area contributed by atoms with Crippen LogP contribution >= 0.6 is 17.8 Å². The number of rotatable bonds is 8. The summed E-state index contributed by atoms with van der Waals surface area (Å²) in [5.41, 5.74) is 1.19. The molecule has 2 aromatic carbocycles. The summed E-state index contributed by atoms with van der Waals surface area (Å²) in [6.45, 7) is 0.